The van der Waals surface area contributed by atoms with Gasteiger partial charge < -0.3 is 20.3 Å². The van der Waals surface area contributed by atoms with Gasteiger partial charge in [-0.25, -0.2) is 4.79 Å². The molecule has 0 aliphatic heterocycles. The van der Waals surface area contributed by atoms with Crippen LogP contribution < -0.4 is 16.2 Å². The van der Waals surface area contributed by atoms with Crippen LogP contribution in [-0.4, -0.2) is 27.9 Å². The van der Waals surface area contributed by atoms with E-state index >= 15 is 0 Å². The Balaban J connectivity index is 2.81. The largest absolute Gasteiger partial charge is 0.396 e. The van der Waals surface area contributed by atoms with Crippen molar-refractivity contribution in [1.29, 1.82) is 0 Å². The second kappa shape index (κ2) is 6.21. The lowest BCUT2D eigenvalue weighted by atomic mass is 10.0. The molecule has 0 atom stereocenters. The van der Waals surface area contributed by atoms with Crippen molar-refractivity contribution in [2.45, 2.75) is 25.8 Å². The molecule has 7 heteroatoms. The lowest BCUT2D eigenvalue weighted by Crippen LogP contribution is -2.46. The zero-order valence-corrected chi connectivity index (χ0v) is 12.7. The minimum absolute atomic E-state index is 0.0219. The summed E-state index contributed by atoms with van der Waals surface area (Å²) in [6.07, 6.45) is 2.04. The van der Waals surface area contributed by atoms with E-state index in [0.29, 0.717) is 10.9 Å². The van der Waals surface area contributed by atoms with Crippen LogP contribution in [0.15, 0.2) is 21.5 Å². The molecule has 0 spiro atoms. The molecule has 0 saturated heterocycles. The number of carbonyl (C=O) groups excluding carboxylic acids is 1. The molecule has 0 aliphatic carbocycles. The molecule has 0 saturated carbocycles. The second-order valence-electron chi connectivity index (χ2n) is 4.92. The second-order valence-corrected chi connectivity index (χ2v) is 5.84. The minimum Gasteiger partial charge on any atom is -0.396 e. The normalized spacial score (nSPS) is 11.2. The fraction of sp³-hybridized carbons (Fsp3) is 0.500. The number of halogens is 1. The highest BCUT2D eigenvalue weighted by molar-refractivity contribution is 9.10. The van der Waals surface area contributed by atoms with Crippen LogP contribution in [0.1, 0.15) is 20.3 Å². The summed E-state index contributed by atoms with van der Waals surface area (Å²) < 4.78 is 2.07. The summed E-state index contributed by atoms with van der Waals surface area (Å²) in [6.45, 7) is 3.57. The smallest absolute Gasteiger partial charge is 0.319 e. The number of carbonyl (C=O) groups is 1. The Morgan fingerprint density at radius 3 is 2.74 bits per heavy atom. The van der Waals surface area contributed by atoms with Crippen molar-refractivity contribution in [3.8, 4) is 0 Å². The first-order chi connectivity index (χ1) is 8.75. The number of hydrogen-bond donors (Lipinski definition) is 3. The molecule has 0 radical (unpaired) electrons. The highest BCUT2D eigenvalue weighted by Gasteiger charge is 2.20. The van der Waals surface area contributed by atoms with E-state index in [9.17, 15) is 9.59 Å². The lowest BCUT2D eigenvalue weighted by molar-refractivity contribution is 0.218. The van der Waals surface area contributed by atoms with Crippen LogP contribution in [0.3, 0.4) is 0 Å². The summed E-state index contributed by atoms with van der Waals surface area (Å²) in [5.74, 6) is 0. The lowest BCUT2D eigenvalue weighted by Gasteiger charge is -2.25. The molecule has 3 N–H and O–H groups in total. The first-order valence-electron chi connectivity index (χ1n) is 5.81. The maximum absolute atomic E-state index is 11.8. The number of aliphatic hydroxyl groups excluding tert-OH is 1. The van der Waals surface area contributed by atoms with E-state index in [0.717, 1.165) is 0 Å². The van der Waals surface area contributed by atoms with Crippen LogP contribution in [0.4, 0.5) is 10.5 Å². The third-order valence-corrected chi connectivity index (χ3v) is 3.02. The number of amides is 2. The molecule has 6 nitrogen and oxygen atoms in total. The average Bonchev–Trinajstić information content (AvgIpc) is 2.23. The van der Waals surface area contributed by atoms with Gasteiger partial charge in [0.25, 0.3) is 5.56 Å². The Morgan fingerprint density at radius 2 is 2.16 bits per heavy atom. The quantitative estimate of drug-likeness (QED) is 0.780. The summed E-state index contributed by atoms with van der Waals surface area (Å²) in [5, 5.41) is 14.1. The molecular weight excluding hydrogens is 314 g/mol. The summed E-state index contributed by atoms with van der Waals surface area (Å²) in [7, 11) is 1.60. The van der Waals surface area contributed by atoms with Gasteiger partial charge in [-0.1, -0.05) is 0 Å². The number of aryl methyl sites for hydroxylation is 1. The topological polar surface area (TPSA) is 83.4 Å². The number of nitrogens with one attached hydrogen (secondary N) is 2. The van der Waals surface area contributed by atoms with Gasteiger partial charge in [-0.3, -0.25) is 4.79 Å². The number of aromatic nitrogens is 1. The monoisotopic (exact) mass is 331 g/mol. The molecule has 1 heterocycles. The fourth-order valence-corrected chi connectivity index (χ4v) is 2.10. The Hall–Kier alpha value is -1.34. The van der Waals surface area contributed by atoms with Gasteiger partial charge in [0.2, 0.25) is 0 Å². The molecule has 1 aromatic rings. The van der Waals surface area contributed by atoms with Gasteiger partial charge in [0.1, 0.15) is 5.69 Å². The Kier molecular flexibility index (Phi) is 5.13. The van der Waals surface area contributed by atoms with Crippen molar-refractivity contribution < 1.29 is 9.90 Å². The Labute approximate surface area is 120 Å². The molecular formula is C12H18BrN3O3. The van der Waals surface area contributed by atoms with Crippen LogP contribution in [0.25, 0.3) is 0 Å². The SMILES string of the molecule is Cn1cc(Br)cc(NC(=O)NC(C)(C)CCO)c1=O. The molecule has 1 aromatic heterocycles. The molecule has 0 aliphatic rings. The fourth-order valence-electron chi connectivity index (χ4n) is 1.56. The van der Waals surface area contributed by atoms with E-state index in [4.69, 9.17) is 5.11 Å². The Morgan fingerprint density at radius 1 is 1.53 bits per heavy atom. The van der Waals surface area contributed by atoms with E-state index < -0.39 is 11.6 Å². The van der Waals surface area contributed by atoms with Crippen LogP contribution >= 0.6 is 15.9 Å². The number of nitrogens with zero attached hydrogens (tertiary/aromatic N) is 1. The predicted octanol–water partition coefficient (Wildman–Crippen LogP) is 1.43. The number of anilines is 1. The van der Waals surface area contributed by atoms with Crippen molar-refractivity contribution in [1.82, 2.24) is 9.88 Å². The number of rotatable bonds is 4. The van der Waals surface area contributed by atoms with E-state index in [1.807, 2.05) is 0 Å². The van der Waals surface area contributed by atoms with Gasteiger partial charge in [-0.15, -0.1) is 0 Å². The van der Waals surface area contributed by atoms with Crippen LogP contribution in [0.2, 0.25) is 0 Å². The first kappa shape index (κ1) is 15.7. The van der Waals surface area contributed by atoms with E-state index in [2.05, 4.69) is 26.6 Å². The highest BCUT2D eigenvalue weighted by Crippen LogP contribution is 2.12. The molecule has 106 valence electrons. The summed E-state index contributed by atoms with van der Waals surface area (Å²) in [6, 6.07) is 1.06. The van der Waals surface area contributed by atoms with Crippen LogP contribution in [-0.2, 0) is 7.05 Å². The molecule has 2 amide bonds. The molecule has 0 unspecified atom stereocenters. The number of pyridine rings is 1. The van der Waals surface area contributed by atoms with Crippen molar-refractivity contribution in [2.24, 2.45) is 7.05 Å². The molecule has 0 aromatic carbocycles. The third-order valence-electron chi connectivity index (χ3n) is 2.59. The molecule has 19 heavy (non-hydrogen) atoms. The molecule has 0 bridgehead atoms. The average molecular weight is 332 g/mol. The third kappa shape index (κ3) is 4.68. The Bertz CT molecular complexity index is 525. The molecule has 1 rings (SSSR count). The summed E-state index contributed by atoms with van der Waals surface area (Å²) >= 11 is 3.26. The first-order valence-corrected chi connectivity index (χ1v) is 6.61. The van der Waals surface area contributed by atoms with E-state index in [1.165, 1.54) is 4.57 Å². The van der Waals surface area contributed by atoms with Gasteiger partial charge in [0.15, 0.2) is 0 Å². The highest BCUT2D eigenvalue weighted by atomic mass is 79.9. The predicted molar refractivity (Wildman–Crippen MR) is 77.3 cm³/mol. The zero-order chi connectivity index (χ0) is 14.6. The molecule has 0 fully saturated rings. The van der Waals surface area contributed by atoms with Crippen molar-refractivity contribution in [2.75, 3.05) is 11.9 Å². The van der Waals surface area contributed by atoms with Crippen molar-refractivity contribution in [3.63, 3.8) is 0 Å². The van der Waals surface area contributed by atoms with Gasteiger partial charge in [-0.2, -0.15) is 0 Å². The van der Waals surface area contributed by atoms with Gasteiger partial charge >= 0.3 is 6.03 Å². The van der Waals surface area contributed by atoms with Gasteiger partial charge in [0.05, 0.1) is 0 Å². The number of aliphatic hydroxyl groups is 1. The number of hydrogen-bond acceptors (Lipinski definition) is 3. The summed E-state index contributed by atoms with van der Waals surface area (Å²) in [5.41, 5.74) is -0.650. The maximum Gasteiger partial charge on any atom is 0.319 e. The standard InChI is InChI=1S/C12H18BrN3O3/c1-12(2,4-5-17)15-11(19)14-9-6-8(13)7-16(3)10(9)18/h6-7,17H,4-5H2,1-3H3,(H2,14,15,19). The van der Waals surface area contributed by atoms with E-state index in [-0.39, 0.29) is 17.9 Å². The number of urea groups is 1. The van der Waals surface area contributed by atoms with Crippen LogP contribution in [0.5, 0.6) is 0 Å². The van der Waals surface area contributed by atoms with Gasteiger partial charge in [0, 0.05) is 29.9 Å². The minimum atomic E-state index is -0.546. The summed E-state index contributed by atoms with van der Waals surface area (Å²) in [4.78, 5) is 23.6. The maximum atomic E-state index is 11.8. The van der Waals surface area contributed by atoms with Crippen LogP contribution in [0, 0.1) is 0 Å². The van der Waals surface area contributed by atoms with E-state index in [1.54, 1.807) is 33.2 Å². The van der Waals surface area contributed by atoms with Crippen molar-refractivity contribution >= 4 is 27.6 Å². The van der Waals surface area contributed by atoms with Gasteiger partial charge in [-0.05, 0) is 42.3 Å². The zero-order valence-electron chi connectivity index (χ0n) is 11.2. The van der Waals surface area contributed by atoms with Crippen molar-refractivity contribution in [3.05, 3.63) is 27.1 Å².